The third-order valence-electron chi connectivity index (χ3n) is 7.85. The first-order valence-electron chi connectivity index (χ1n) is 15.6. The van der Waals surface area contributed by atoms with Crippen molar-refractivity contribution in [1.29, 1.82) is 0 Å². The van der Waals surface area contributed by atoms with Gasteiger partial charge in [0.15, 0.2) is 0 Å². The molecule has 5 atom stereocenters. The third-order valence-corrected chi connectivity index (χ3v) is 8.18. The Morgan fingerprint density at radius 1 is 1.10 bits per heavy atom. The SMILES string of the molecule is COC[C@@](C)(/C=C/c1ccc2ccc([C@@H](C)O)nc2c1)C(=O)NC(C(=O)NC(C)C(=O)N1CCC[C@@H](C(=O)OCC(Cl)(Cl)Cl)N1)C(C)C. The van der Waals surface area contributed by atoms with Crippen LogP contribution in [0.15, 0.2) is 36.4 Å². The minimum atomic E-state index is -1.77. The highest BCUT2D eigenvalue weighted by atomic mass is 35.6. The van der Waals surface area contributed by atoms with Crippen LogP contribution < -0.4 is 16.1 Å². The van der Waals surface area contributed by atoms with Crippen LogP contribution in [0.25, 0.3) is 17.0 Å². The van der Waals surface area contributed by atoms with Crippen molar-refractivity contribution < 1.29 is 33.8 Å². The van der Waals surface area contributed by atoms with Gasteiger partial charge < -0.3 is 25.2 Å². The van der Waals surface area contributed by atoms with Crippen molar-refractivity contribution in [3.63, 3.8) is 0 Å². The molecule has 15 heteroatoms. The number of amides is 3. The summed E-state index contributed by atoms with van der Waals surface area (Å²) in [6.45, 7) is 8.32. The second kappa shape index (κ2) is 17.1. The Balaban J connectivity index is 1.68. The number of aromatic nitrogens is 1. The molecule has 2 unspecified atom stereocenters. The van der Waals surface area contributed by atoms with Gasteiger partial charge in [0.2, 0.25) is 15.6 Å². The van der Waals surface area contributed by atoms with Crippen LogP contribution in [0.4, 0.5) is 0 Å². The number of hydrazine groups is 1. The van der Waals surface area contributed by atoms with Crippen LogP contribution in [0, 0.1) is 11.3 Å². The Labute approximate surface area is 295 Å². The number of ether oxygens (including phenoxy) is 2. The summed E-state index contributed by atoms with van der Waals surface area (Å²) in [5, 5.41) is 17.6. The van der Waals surface area contributed by atoms with Gasteiger partial charge in [-0.3, -0.25) is 29.2 Å². The molecule has 1 fully saturated rings. The lowest BCUT2D eigenvalue weighted by molar-refractivity contribution is -0.152. The molecule has 12 nitrogen and oxygen atoms in total. The lowest BCUT2D eigenvalue weighted by Gasteiger charge is -2.35. The molecule has 1 aromatic heterocycles. The number of hydrogen-bond donors (Lipinski definition) is 4. The molecule has 2 aromatic rings. The van der Waals surface area contributed by atoms with Crippen molar-refractivity contribution in [2.45, 2.75) is 75.5 Å². The number of halogens is 3. The van der Waals surface area contributed by atoms with Crippen LogP contribution in [0.5, 0.6) is 0 Å². The quantitative estimate of drug-likeness (QED) is 0.177. The Hall–Kier alpha value is -3.00. The van der Waals surface area contributed by atoms with E-state index in [1.54, 1.807) is 45.9 Å². The van der Waals surface area contributed by atoms with Gasteiger partial charge in [-0.1, -0.05) is 79.0 Å². The number of esters is 1. The highest BCUT2D eigenvalue weighted by Gasteiger charge is 2.37. The fourth-order valence-electron chi connectivity index (χ4n) is 5.06. The van der Waals surface area contributed by atoms with E-state index in [1.807, 2.05) is 24.3 Å². The maximum Gasteiger partial charge on any atom is 0.325 e. The molecule has 264 valence electrons. The van der Waals surface area contributed by atoms with Crippen LogP contribution in [0.1, 0.15) is 64.8 Å². The second-order valence-corrected chi connectivity index (χ2v) is 15.0. The van der Waals surface area contributed by atoms with Gasteiger partial charge >= 0.3 is 5.97 Å². The molecule has 3 amide bonds. The molecular weight excluding hydrogens is 685 g/mol. The molecule has 0 aliphatic carbocycles. The number of pyridine rings is 1. The maximum absolute atomic E-state index is 13.7. The number of nitrogens with zero attached hydrogens (tertiary/aromatic N) is 2. The van der Waals surface area contributed by atoms with Gasteiger partial charge in [-0.2, -0.15) is 0 Å². The van der Waals surface area contributed by atoms with Gasteiger partial charge in [0.25, 0.3) is 5.91 Å². The Bertz CT molecular complexity index is 1500. The largest absolute Gasteiger partial charge is 0.460 e. The Kier molecular flexibility index (Phi) is 14.0. The number of carbonyl (C=O) groups excluding carboxylic acids is 4. The standard InChI is InChI=1S/C33H44Cl3N5O7/c1-19(2)27(28(43)37-20(3)29(44)41-15-7-8-25(40-41)30(45)48-18-33(34,35)36)39-31(46)32(5,17-47-6)14-13-22-9-10-23-11-12-24(21(4)42)38-26(23)16-22/h9-14,16,19-21,25,27,40,42H,7-8,15,17-18H2,1-6H3,(H,37,43)(H,39,46)/b14-13+/t20?,21-,25+,27?,32-/m1/s1. The number of alkyl halides is 3. The number of carbonyl (C=O) groups is 4. The normalized spacial score (nSPS) is 18.6. The zero-order valence-corrected chi connectivity index (χ0v) is 30.2. The highest BCUT2D eigenvalue weighted by Crippen LogP contribution is 2.27. The van der Waals surface area contributed by atoms with Crippen molar-refractivity contribution in [1.82, 2.24) is 26.1 Å². The number of aliphatic hydroxyl groups excluding tert-OH is 1. The minimum Gasteiger partial charge on any atom is -0.460 e. The molecule has 48 heavy (non-hydrogen) atoms. The van der Waals surface area contributed by atoms with Crippen LogP contribution >= 0.6 is 34.8 Å². The van der Waals surface area contributed by atoms with Gasteiger partial charge in [0.05, 0.1) is 29.3 Å². The fourth-order valence-corrected chi connectivity index (χ4v) is 5.23. The molecule has 0 radical (unpaired) electrons. The monoisotopic (exact) mass is 727 g/mol. The molecule has 0 bridgehead atoms. The Morgan fingerprint density at radius 3 is 2.42 bits per heavy atom. The Morgan fingerprint density at radius 2 is 1.79 bits per heavy atom. The van der Waals surface area contributed by atoms with E-state index < -0.39 is 63.7 Å². The van der Waals surface area contributed by atoms with Crippen LogP contribution in [-0.4, -0.2) is 87.6 Å². The number of aliphatic hydroxyl groups is 1. The van der Waals surface area contributed by atoms with Crippen LogP contribution in [-0.2, 0) is 28.7 Å². The van der Waals surface area contributed by atoms with Crippen LogP contribution in [0.2, 0.25) is 0 Å². The number of nitrogens with one attached hydrogen (secondary N) is 3. The second-order valence-electron chi connectivity index (χ2n) is 12.5. The summed E-state index contributed by atoms with van der Waals surface area (Å²) < 4.78 is 8.66. The van der Waals surface area contributed by atoms with E-state index in [-0.39, 0.29) is 12.5 Å². The average Bonchev–Trinajstić information content (AvgIpc) is 3.03. The van der Waals surface area contributed by atoms with E-state index in [0.29, 0.717) is 30.6 Å². The molecule has 1 aliphatic heterocycles. The third kappa shape index (κ3) is 11.0. The minimum absolute atomic E-state index is 0.0283. The first-order chi connectivity index (χ1) is 22.4. The zero-order valence-electron chi connectivity index (χ0n) is 27.9. The topological polar surface area (TPSA) is 159 Å². The van der Waals surface area contributed by atoms with E-state index in [9.17, 15) is 24.3 Å². The van der Waals surface area contributed by atoms with Crippen molar-refractivity contribution in [2.75, 3.05) is 26.9 Å². The predicted octanol–water partition coefficient (Wildman–Crippen LogP) is 4.01. The van der Waals surface area contributed by atoms with E-state index in [1.165, 1.54) is 19.0 Å². The summed E-state index contributed by atoms with van der Waals surface area (Å²) in [6.07, 6.45) is 3.69. The smallest absolute Gasteiger partial charge is 0.325 e. The molecule has 1 saturated heterocycles. The van der Waals surface area contributed by atoms with Crippen molar-refractivity contribution >= 4 is 75.5 Å². The number of benzene rings is 1. The number of methoxy groups -OCH3 is 1. The molecule has 2 heterocycles. The summed E-state index contributed by atoms with van der Waals surface area (Å²) >= 11 is 17.0. The van der Waals surface area contributed by atoms with Gasteiger partial charge in [-0.25, -0.2) is 5.43 Å². The van der Waals surface area contributed by atoms with Crippen molar-refractivity contribution in [3.8, 4) is 0 Å². The lowest BCUT2D eigenvalue weighted by atomic mass is 9.88. The first-order valence-corrected chi connectivity index (χ1v) is 16.8. The van der Waals surface area contributed by atoms with Crippen LogP contribution in [0.3, 0.4) is 0 Å². The van der Waals surface area contributed by atoms with E-state index >= 15 is 0 Å². The number of rotatable bonds is 13. The van der Waals surface area contributed by atoms with E-state index in [2.05, 4.69) is 21.0 Å². The summed E-state index contributed by atoms with van der Waals surface area (Å²) in [5.41, 5.74) is 3.70. The molecule has 1 aliphatic rings. The summed E-state index contributed by atoms with van der Waals surface area (Å²) in [4.78, 5) is 57.3. The molecule has 1 aromatic carbocycles. The summed E-state index contributed by atoms with van der Waals surface area (Å²) in [5.74, 6) is -2.47. The summed E-state index contributed by atoms with van der Waals surface area (Å²) in [7, 11) is 1.48. The molecule has 0 spiro atoms. The fraction of sp³-hybridized carbons (Fsp3) is 0.545. The highest BCUT2D eigenvalue weighted by molar-refractivity contribution is 6.67. The zero-order chi connectivity index (χ0) is 35.8. The van der Waals surface area contributed by atoms with Crippen molar-refractivity contribution in [3.05, 3.63) is 47.7 Å². The molecule has 3 rings (SSSR count). The number of hydrogen-bond acceptors (Lipinski definition) is 9. The van der Waals surface area contributed by atoms with E-state index in [0.717, 1.165) is 10.9 Å². The molecule has 0 saturated carbocycles. The number of fused-ring (bicyclic) bond motifs is 1. The van der Waals surface area contributed by atoms with Crippen molar-refractivity contribution in [2.24, 2.45) is 11.3 Å². The maximum atomic E-state index is 13.7. The molecule has 4 N–H and O–H groups in total. The van der Waals surface area contributed by atoms with Gasteiger partial charge in [0.1, 0.15) is 24.7 Å². The summed E-state index contributed by atoms with van der Waals surface area (Å²) in [6, 6.07) is 6.52. The average molecular weight is 729 g/mol. The lowest BCUT2D eigenvalue weighted by Crippen LogP contribution is -2.61. The van der Waals surface area contributed by atoms with Gasteiger partial charge in [0, 0.05) is 19.0 Å². The predicted molar refractivity (Wildman–Crippen MR) is 185 cm³/mol. The van der Waals surface area contributed by atoms with Gasteiger partial charge in [-0.15, -0.1) is 0 Å². The van der Waals surface area contributed by atoms with E-state index in [4.69, 9.17) is 44.3 Å². The first kappa shape index (κ1) is 39.4. The van der Waals surface area contributed by atoms with Gasteiger partial charge in [-0.05, 0) is 57.2 Å². The molecular formula is C33H44Cl3N5O7.